The molecule has 0 radical (unpaired) electrons. The summed E-state index contributed by atoms with van der Waals surface area (Å²) in [7, 11) is 0. The van der Waals surface area contributed by atoms with Gasteiger partial charge in [0.2, 0.25) is 5.91 Å². The first-order valence-corrected chi connectivity index (χ1v) is 6.62. The van der Waals surface area contributed by atoms with Crippen molar-refractivity contribution in [1.82, 2.24) is 25.3 Å². The summed E-state index contributed by atoms with van der Waals surface area (Å²) in [4.78, 5) is 15.6. The van der Waals surface area contributed by atoms with E-state index in [1.54, 1.807) is 47.7 Å². The molecule has 3 aromatic rings. The predicted octanol–water partition coefficient (Wildman–Crippen LogP) is 1.58. The summed E-state index contributed by atoms with van der Waals surface area (Å²) in [6.45, 7) is 0.298. The largest absolute Gasteiger partial charge is 0.465 e. The van der Waals surface area contributed by atoms with Crippen LogP contribution >= 0.6 is 0 Å². The number of nitrogens with one attached hydrogen (secondary N) is 1. The summed E-state index contributed by atoms with van der Waals surface area (Å²) in [5.74, 6) is 0.397. The number of furan rings is 1. The average molecular weight is 295 g/mol. The lowest BCUT2D eigenvalue weighted by Gasteiger charge is -1.98. The van der Waals surface area contributed by atoms with Crippen molar-refractivity contribution in [3.05, 3.63) is 66.6 Å². The van der Waals surface area contributed by atoms with Crippen LogP contribution < -0.4 is 5.32 Å². The van der Waals surface area contributed by atoms with Gasteiger partial charge in [-0.25, -0.2) is 4.68 Å². The summed E-state index contributed by atoms with van der Waals surface area (Å²) in [5, 5.41) is 10.7. The average Bonchev–Trinajstić information content (AvgIpc) is 3.23. The number of hydrogen-bond donors (Lipinski definition) is 1. The molecule has 7 heteroatoms. The van der Waals surface area contributed by atoms with Gasteiger partial charge < -0.3 is 9.73 Å². The Morgan fingerprint density at radius 1 is 1.32 bits per heavy atom. The molecule has 110 valence electrons. The van der Waals surface area contributed by atoms with Gasteiger partial charge in [-0.05, 0) is 30.3 Å². The maximum absolute atomic E-state index is 11.7. The highest BCUT2D eigenvalue weighted by atomic mass is 16.3. The molecule has 22 heavy (non-hydrogen) atoms. The maximum atomic E-state index is 11.7. The Labute approximate surface area is 126 Å². The van der Waals surface area contributed by atoms with Gasteiger partial charge in [-0.15, -0.1) is 5.10 Å². The van der Waals surface area contributed by atoms with Gasteiger partial charge in [-0.3, -0.25) is 9.78 Å². The molecule has 7 nitrogen and oxygen atoms in total. The van der Waals surface area contributed by atoms with Crippen molar-refractivity contribution in [3.63, 3.8) is 0 Å². The minimum absolute atomic E-state index is 0.227. The van der Waals surface area contributed by atoms with Crippen LogP contribution in [0.15, 0.2) is 59.6 Å². The highest BCUT2D eigenvalue weighted by Crippen LogP contribution is 2.04. The molecule has 3 heterocycles. The van der Waals surface area contributed by atoms with Crippen LogP contribution in [0.3, 0.4) is 0 Å². The number of rotatable bonds is 5. The fourth-order valence-corrected chi connectivity index (χ4v) is 1.78. The molecule has 0 saturated carbocycles. The zero-order valence-corrected chi connectivity index (χ0v) is 11.6. The second kappa shape index (κ2) is 6.49. The molecule has 3 rings (SSSR count). The van der Waals surface area contributed by atoms with Crippen LogP contribution in [-0.4, -0.2) is 25.9 Å². The molecule has 0 aliphatic heterocycles. The van der Waals surface area contributed by atoms with Gasteiger partial charge in [0.25, 0.3) is 0 Å². The van der Waals surface area contributed by atoms with E-state index < -0.39 is 0 Å². The van der Waals surface area contributed by atoms with Gasteiger partial charge >= 0.3 is 0 Å². The summed E-state index contributed by atoms with van der Waals surface area (Å²) >= 11 is 0. The normalized spacial score (nSPS) is 10.9. The van der Waals surface area contributed by atoms with Gasteiger partial charge in [-0.1, -0.05) is 5.21 Å². The summed E-state index contributed by atoms with van der Waals surface area (Å²) in [6.07, 6.45) is 9.67. The summed E-state index contributed by atoms with van der Waals surface area (Å²) in [5.41, 5.74) is 1.52. The molecule has 0 fully saturated rings. The molecule has 0 aliphatic rings. The van der Waals surface area contributed by atoms with Crippen molar-refractivity contribution >= 4 is 12.0 Å². The SMILES string of the molecule is O=C(/C=C/c1ccco1)NCc1cn(-c2ccncc2)nn1. The summed E-state index contributed by atoms with van der Waals surface area (Å²) < 4.78 is 6.73. The van der Waals surface area contributed by atoms with Crippen LogP contribution in [0.25, 0.3) is 11.8 Å². The van der Waals surface area contributed by atoms with Gasteiger partial charge in [0.15, 0.2) is 0 Å². The van der Waals surface area contributed by atoms with Gasteiger partial charge in [0, 0.05) is 18.5 Å². The number of carbonyl (C=O) groups excluding carboxylic acids is 1. The first-order valence-electron chi connectivity index (χ1n) is 6.62. The first-order chi connectivity index (χ1) is 10.8. The Kier molecular flexibility index (Phi) is 4.05. The lowest BCUT2D eigenvalue weighted by atomic mass is 10.3. The van der Waals surface area contributed by atoms with Crippen molar-refractivity contribution in [1.29, 1.82) is 0 Å². The van der Waals surface area contributed by atoms with E-state index in [4.69, 9.17) is 4.42 Å². The van der Waals surface area contributed by atoms with Crippen molar-refractivity contribution < 1.29 is 9.21 Å². The van der Waals surface area contributed by atoms with Gasteiger partial charge in [0.05, 0.1) is 24.7 Å². The van der Waals surface area contributed by atoms with E-state index in [1.165, 1.54) is 6.08 Å². The third-order valence-electron chi connectivity index (χ3n) is 2.85. The second-order valence-corrected chi connectivity index (χ2v) is 4.43. The molecule has 0 aliphatic carbocycles. The minimum Gasteiger partial charge on any atom is -0.465 e. The van der Waals surface area contributed by atoms with Gasteiger partial charge in [-0.2, -0.15) is 0 Å². The number of amides is 1. The van der Waals surface area contributed by atoms with Crippen LogP contribution in [0.5, 0.6) is 0 Å². The molecule has 0 saturated heterocycles. The molecule has 1 N–H and O–H groups in total. The van der Waals surface area contributed by atoms with Crippen LogP contribution in [0.2, 0.25) is 0 Å². The molecule has 0 aromatic carbocycles. The summed E-state index contributed by atoms with van der Waals surface area (Å²) in [6, 6.07) is 7.17. The molecule has 0 spiro atoms. The van der Waals surface area contributed by atoms with E-state index in [9.17, 15) is 4.79 Å². The molecule has 3 aromatic heterocycles. The minimum atomic E-state index is -0.227. The fraction of sp³-hybridized carbons (Fsp3) is 0.0667. The molecule has 0 bridgehead atoms. The third-order valence-corrected chi connectivity index (χ3v) is 2.85. The Balaban J connectivity index is 1.56. The number of pyridine rings is 1. The topological polar surface area (TPSA) is 85.8 Å². The number of nitrogens with zero attached hydrogens (tertiary/aromatic N) is 4. The van der Waals surface area contributed by atoms with Crippen LogP contribution in [0.1, 0.15) is 11.5 Å². The third kappa shape index (κ3) is 3.45. The van der Waals surface area contributed by atoms with E-state index in [2.05, 4.69) is 20.6 Å². The van der Waals surface area contributed by atoms with Crippen molar-refractivity contribution in [3.8, 4) is 5.69 Å². The Morgan fingerprint density at radius 2 is 2.18 bits per heavy atom. The standard InChI is InChI=1S/C15H13N5O2/c21-15(4-3-14-2-1-9-22-14)17-10-12-11-20(19-18-12)13-5-7-16-8-6-13/h1-9,11H,10H2,(H,17,21)/b4-3+. The van der Waals surface area contributed by atoms with E-state index in [-0.39, 0.29) is 5.91 Å². The second-order valence-electron chi connectivity index (χ2n) is 4.43. The molecule has 0 atom stereocenters. The van der Waals surface area contributed by atoms with Crippen LogP contribution in [0, 0.1) is 0 Å². The molecular weight excluding hydrogens is 282 g/mol. The van der Waals surface area contributed by atoms with E-state index in [0.717, 1.165) is 5.69 Å². The lowest BCUT2D eigenvalue weighted by Crippen LogP contribution is -2.20. The van der Waals surface area contributed by atoms with Crippen molar-refractivity contribution in [2.45, 2.75) is 6.54 Å². The predicted molar refractivity (Wildman–Crippen MR) is 78.7 cm³/mol. The molecule has 0 unspecified atom stereocenters. The Bertz CT molecular complexity index is 762. The monoisotopic (exact) mass is 295 g/mol. The van der Waals surface area contributed by atoms with E-state index in [1.807, 2.05) is 12.1 Å². The number of aromatic nitrogens is 4. The van der Waals surface area contributed by atoms with Crippen LogP contribution in [0.4, 0.5) is 0 Å². The van der Waals surface area contributed by atoms with E-state index >= 15 is 0 Å². The van der Waals surface area contributed by atoms with Crippen LogP contribution in [-0.2, 0) is 11.3 Å². The highest BCUT2D eigenvalue weighted by molar-refractivity contribution is 5.91. The Morgan fingerprint density at radius 3 is 2.95 bits per heavy atom. The zero-order valence-electron chi connectivity index (χ0n) is 11.6. The van der Waals surface area contributed by atoms with Gasteiger partial charge in [0.1, 0.15) is 11.5 Å². The molecule has 1 amide bonds. The number of carbonyl (C=O) groups is 1. The number of hydrogen-bond acceptors (Lipinski definition) is 5. The lowest BCUT2D eigenvalue weighted by molar-refractivity contribution is -0.116. The van der Waals surface area contributed by atoms with E-state index in [0.29, 0.717) is 18.0 Å². The molecular formula is C15H13N5O2. The zero-order chi connectivity index (χ0) is 15.2. The van der Waals surface area contributed by atoms with Crippen molar-refractivity contribution in [2.75, 3.05) is 0 Å². The highest BCUT2D eigenvalue weighted by Gasteiger charge is 2.04. The first kappa shape index (κ1) is 13.7. The van der Waals surface area contributed by atoms with Crippen molar-refractivity contribution in [2.24, 2.45) is 0 Å². The quantitative estimate of drug-likeness (QED) is 0.722. The smallest absolute Gasteiger partial charge is 0.244 e. The maximum Gasteiger partial charge on any atom is 0.244 e. The Hall–Kier alpha value is -3.22. The fourth-order valence-electron chi connectivity index (χ4n) is 1.78.